The lowest BCUT2D eigenvalue weighted by Crippen LogP contribution is -2.56. The molecule has 0 spiro atoms. The van der Waals surface area contributed by atoms with E-state index >= 15 is 0 Å². The second-order valence-corrected chi connectivity index (χ2v) is 8.25. The number of nitro groups is 1. The van der Waals surface area contributed by atoms with Crippen LogP contribution in [0, 0.1) is 27.9 Å². The van der Waals surface area contributed by atoms with Crippen molar-refractivity contribution in [3.8, 4) is 11.5 Å². The molecule has 1 saturated carbocycles. The Balaban J connectivity index is 1.95. The number of hydrogen-bond acceptors (Lipinski definition) is 8. The lowest BCUT2D eigenvalue weighted by Gasteiger charge is -2.38. The fraction of sp³-hybridized carbons (Fsp3) is 0.619. The average Bonchev–Trinajstić information content (AvgIpc) is 3.11. The van der Waals surface area contributed by atoms with E-state index < -0.39 is 40.4 Å². The number of amides is 1. The highest BCUT2D eigenvalue weighted by Crippen LogP contribution is 2.53. The molecule has 2 fully saturated rings. The number of aliphatic hydroxyl groups is 1. The van der Waals surface area contributed by atoms with Gasteiger partial charge in [-0.05, 0) is 30.0 Å². The molecule has 0 radical (unpaired) electrons. The zero-order valence-electron chi connectivity index (χ0n) is 18.1. The molecule has 2 unspecified atom stereocenters. The summed E-state index contributed by atoms with van der Waals surface area (Å²) in [5, 5.41) is 22.6. The third-order valence-corrected chi connectivity index (χ3v) is 6.57. The molecule has 10 nitrogen and oxygen atoms in total. The maximum absolute atomic E-state index is 13.0. The van der Waals surface area contributed by atoms with Crippen molar-refractivity contribution in [1.29, 1.82) is 0 Å². The monoisotopic (exact) mass is 436 g/mol. The predicted molar refractivity (Wildman–Crippen MR) is 108 cm³/mol. The number of nitrogens with zero attached hydrogens (tertiary/aromatic N) is 2. The molecule has 5 atom stereocenters. The van der Waals surface area contributed by atoms with E-state index in [1.165, 1.54) is 26.2 Å². The summed E-state index contributed by atoms with van der Waals surface area (Å²) in [4.78, 5) is 37.6. The summed E-state index contributed by atoms with van der Waals surface area (Å²) in [7, 11) is 4.22. The van der Waals surface area contributed by atoms with E-state index in [1.807, 2.05) is 6.92 Å². The van der Waals surface area contributed by atoms with E-state index in [-0.39, 0.29) is 31.7 Å². The predicted octanol–water partition coefficient (Wildman–Crippen LogP) is 1.26. The molecule has 170 valence electrons. The van der Waals surface area contributed by atoms with Crippen LogP contribution in [0.5, 0.6) is 11.5 Å². The summed E-state index contributed by atoms with van der Waals surface area (Å²) in [6.07, 6.45) is 0.211. The molecular formula is C21H28N2O8. The van der Waals surface area contributed by atoms with Gasteiger partial charge in [-0.3, -0.25) is 19.8 Å². The Kier molecular flexibility index (Phi) is 6.40. The van der Waals surface area contributed by atoms with Crippen molar-refractivity contribution in [3.63, 3.8) is 0 Å². The summed E-state index contributed by atoms with van der Waals surface area (Å²) in [6.45, 7) is 1.50. The maximum atomic E-state index is 13.0. The van der Waals surface area contributed by atoms with Crippen molar-refractivity contribution < 1.29 is 33.8 Å². The van der Waals surface area contributed by atoms with Crippen LogP contribution in [-0.2, 0) is 20.7 Å². The van der Waals surface area contributed by atoms with Crippen molar-refractivity contribution in [3.05, 3.63) is 33.9 Å². The first-order chi connectivity index (χ1) is 14.7. The zero-order valence-corrected chi connectivity index (χ0v) is 18.1. The van der Waals surface area contributed by atoms with Gasteiger partial charge >= 0.3 is 5.97 Å². The lowest BCUT2D eigenvalue weighted by atomic mass is 9.88. The van der Waals surface area contributed by atoms with Crippen molar-refractivity contribution in [2.45, 2.75) is 38.0 Å². The van der Waals surface area contributed by atoms with Crippen molar-refractivity contribution >= 4 is 11.9 Å². The third kappa shape index (κ3) is 4.04. The smallest absolute Gasteiger partial charge is 0.329 e. The van der Waals surface area contributed by atoms with Gasteiger partial charge in [0.25, 0.3) is 0 Å². The number of likely N-dealkylation sites (tertiary alicyclic amines) is 1. The van der Waals surface area contributed by atoms with Crippen molar-refractivity contribution in [1.82, 2.24) is 4.90 Å². The minimum atomic E-state index is -1.63. The Labute approximate surface area is 180 Å². The first kappa shape index (κ1) is 22.8. The highest BCUT2D eigenvalue weighted by molar-refractivity contribution is 5.87. The largest absolute Gasteiger partial charge is 0.493 e. The van der Waals surface area contributed by atoms with Gasteiger partial charge in [-0.2, -0.15) is 0 Å². The van der Waals surface area contributed by atoms with Crippen LogP contribution in [0.25, 0.3) is 0 Å². The quantitative estimate of drug-likeness (QED) is 0.366. The average molecular weight is 436 g/mol. The molecule has 1 N–H and O–H groups in total. The molecule has 31 heavy (non-hydrogen) atoms. The molecule has 1 amide bonds. The van der Waals surface area contributed by atoms with Gasteiger partial charge in [-0.25, -0.2) is 4.79 Å². The molecule has 2 aliphatic rings. The molecule has 0 bridgehead atoms. The number of methoxy groups -OCH3 is 3. The third-order valence-electron chi connectivity index (χ3n) is 6.57. The van der Waals surface area contributed by atoms with E-state index in [1.54, 1.807) is 18.2 Å². The number of ether oxygens (including phenoxy) is 3. The highest BCUT2D eigenvalue weighted by Gasteiger charge is 2.64. The summed E-state index contributed by atoms with van der Waals surface area (Å²) >= 11 is 0. The van der Waals surface area contributed by atoms with Crippen LogP contribution >= 0.6 is 0 Å². The molecule has 1 aliphatic heterocycles. The summed E-state index contributed by atoms with van der Waals surface area (Å²) < 4.78 is 15.5. The molecule has 1 heterocycles. The molecule has 0 aromatic heterocycles. The number of hydrogen-bond donors (Lipinski definition) is 1. The summed E-state index contributed by atoms with van der Waals surface area (Å²) in [5.74, 6) is -1.33. The van der Waals surface area contributed by atoms with Gasteiger partial charge in [-0.1, -0.05) is 13.0 Å². The van der Waals surface area contributed by atoms with Gasteiger partial charge in [0, 0.05) is 29.6 Å². The van der Waals surface area contributed by atoms with Crippen LogP contribution in [0.4, 0.5) is 0 Å². The second-order valence-electron chi connectivity index (χ2n) is 8.25. The van der Waals surface area contributed by atoms with Gasteiger partial charge < -0.3 is 19.3 Å². The number of rotatable bonds is 8. The lowest BCUT2D eigenvalue weighted by molar-refractivity contribution is -0.491. The Hall–Kier alpha value is -2.88. The maximum Gasteiger partial charge on any atom is 0.329 e. The standard InChI is InChI=1S/C21H28N2O8/c1-12-10-21(26)15(14(12)11-22(27)28)9-19(24)23(21)16(20(25)31-4)7-13-5-6-17(29-2)18(8-13)30-3/h5-6,8,12,14-16,26H,7,9-11H2,1-4H3/t12-,14+,15?,16-,21?/m0/s1. The molecule has 1 saturated heterocycles. The van der Waals surface area contributed by atoms with E-state index in [9.17, 15) is 24.8 Å². The normalized spacial score (nSPS) is 28.2. The first-order valence-corrected chi connectivity index (χ1v) is 10.1. The van der Waals surface area contributed by atoms with Gasteiger partial charge in [0.15, 0.2) is 11.5 Å². The van der Waals surface area contributed by atoms with E-state index in [2.05, 4.69) is 0 Å². The molecule has 1 aromatic carbocycles. The second kappa shape index (κ2) is 8.70. The topological polar surface area (TPSA) is 128 Å². The number of esters is 1. The Morgan fingerprint density at radius 1 is 1.32 bits per heavy atom. The number of fused-ring (bicyclic) bond motifs is 1. The number of carbonyl (C=O) groups excluding carboxylic acids is 2. The van der Waals surface area contributed by atoms with Gasteiger partial charge in [-0.15, -0.1) is 0 Å². The fourth-order valence-corrected chi connectivity index (χ4v) is 5.18. The minimum Gasteiger partial charge on any atom is -0.493 e. The molecular weight excluding hydrogens is 408 g/mol. The summed E-state index contributed by atoms with van der Waals surface area (Å²) in [5.41, 5.74) is -0.951. The van der Waals surface area contributed by atoms with E-state index in [0.29, 0.717) is 17.1 Å². The van der Waals surface area contributed by atoms with Gasteiger partial charge in [0.1, 0.15) is 11.8 Å². The van der Waals surface area contributed by atoms with E-state index in [0.717, 1.165) is 0 Å². The number of benzene rings is 1. The Morgan fingerprint density at radius 3 is 2.58 bits per heavy atom. The SMILES string of the molecule is COC(=O)[C@H](Cc1ccc(OC)c(OC)c1)N1C(=O)CC2[C@H](C[N+](=O)[O-])[C@@H](C)CC21O. The molecule has 10 heteroatoms. The van der Waals surface area contributed by atoms with Crippen molar-refractivity contribution in [2.24, 2.45) is 17.8 Å². The van der Waals surface area contributed by atoms with Crippen molar-refractivity contribution in [2.75, 3.05) is 27.9 Å². The summed E-state index contributed by atoms with van der Waals surface area (Å²) in [6, 6.07) is 4.05. The zero-order chi connectivity index (χ0) is 22.9. The molecule has 1 aromatic rings. The van der Waals surface area contributed by atoms with Crippen LogP contribution in [0.2, 0.25) is 0 Å². The highest BCUT2D eigenvalue weighted by atomic mass is 16.6. The Morgan fingerprint density at radius 2 is 2.00 bits per heavy atom. The van der Waals surface area contributed by atoms with Crippen LogP contribution in [0.15, 0.2) is 18.2 Å². The van der Waals surface area contributed by atoms with Gasteiger partial charge in [0.05, 0.1) is 21.3 Å². The minimum absolute atomic E-state index is 0.0429. The molecule has 3 rings (SSSR count). The Bertz CT molecular complexity index is 875. The van der Waals surface area contributed by atoms with Gasteiger partial charge in [0.2, 0.25) is 12.5 Å². The fourth-order valence-electron chi connectivity index (χ4n) is 5.18. The van der Waals surface area contributed by atoms with Crippen LogP contribution in [-0.4, -0.2) is 66.4 Å². The van der Waals surface area contributed by atoms with Crippen LogP contribution in [0.1, 0.15) is 25.3 Å². The molecule has 1 aliphatic carbocycles. The van der Waals surface area contributed by atoms with E-state index in [4.69, 9.17) is 14.2 Å². The van der Waals surface area contributed by atoms with Crippen LogP contribution in [0.3, 0.4) is 0 Å². The van der Waals surface area contributed by atoms with Crippen LogP contribution < -0.4 is 9.47 Å². The number of carbonyl (C=O) groups is 2. The first-order valence-electron chi connectivity index (χ1n) is 10.1.